The summed E-state index contributed by atoms with van der Waals surface area (Å²) < 4.78 is 5.12. The first-order valence-electron chi connectivity index (χ1n) is 5.83. The van der Waals surface area contributed by atoms with Crippen LogP contribution in [0.3, 0.4) is 0 Å². The number of thiophene rings is 1. The summed E-state index contributed by atoms with van der Waals surface area (Å²) in [6.07, 6.45) is 3.25. The third-order valence-corrected chi connectivity index (χ3v) is 3.78. The van der Waals surface area contributed by atoms with Crippen molar-refractivity contribution in [1.82, 2.24) is 4.98 Å². The van der Waals surface area contributed by atoms with Gasteiger partial charge in [-0.25, -0.2) is 9.79 Å². The maximum absolute atomic E-state index is 11.8. The van der Waals surface area contributed by atoms with Crippen LogP contribution in [0.1, 0.15) is 15.4 Å². The number of pyridine rings is 1. The van der Waals surface area contributed by atoms with Gasteiger partial charge in [0.2, 0.25) is 5.90 Å². The molecule has 1 aliphatic rings. The van der Waals surface area contributed by atoms with Gasteiger partial charge >= 0.3 is 5.97 Å². The molecule has 3 heterocycles. The average Bonchev–Trinajstić information content (AvgIpc) is 2.97. The number of hydrogen-bond acceptors (Lipinski definition) is 5. The standard InChI is InChI=1S/C14H9ClN2O2S/c1-8-2-3-10(20-8)7-12-14(18)19-13(17-12)11-6-9(15)4-5-16-11/h2-7H,1H3/b12-7-. The Labute approximate surface area is 124 Å². The molecule has 0 fully saturated rings. The fourth-order valence-corrected chi connectivity index (χ4v) is 2.68. The van der Waals surface area contributed by atoms with Gasteiger partial charge in [-0.2, -0.15) is 0 Å². The summed E-state index contributed by atoms with van der Waals surface area (Å²) >= 11 is 7.47. The minimum absolute atomic E-state index is 0.178. The maximum Gasteiger partial charge on any atom is 0.363 e. The van der Waals surface area contributed by atoms with E-state index in [1.165, 1.54) is 4.88 Å². The smallest absolute Gasteiger partial charge is 0.363 e. The minimum Gasteiger partial charge on any atom is -0.400 e. The molecule has 0 aliphatic carbocycles. The number of rotatable bonds is 2. The highest BCUT2D eigenvalue weighted by atomic mass is 35.5. The average molecular weight is 305 g/mol. The Hall–Kier alpha value is -1.98. The number of aryl methyl sites for hydroxylation is 1. The van der Waals surface area contributed by atoms with Crippen molar-refractivity contribution in [3.63, 3.8) is 0 Å². The van der Waals surface area contributed by atoms with E-state index in [-0.39, 0.29) is 11.6 Å². The van der Waals surface area contributed by atoms with E-state index >= 15 is 0 Å². The van der Waals surface area contributed by atoms with E-state index in [4.69, 9.17) is 16.3 Å². The number of ether oxygens (including phenoxy) is 1. The topological polar surface area (TPSA) is 51.6 Å². The van der Waals surface area contributed by atoms with Crippen LogP contribution >= 0.6 is 22.9 Å². The first kappa shape index (κ1) is 13.0. The summed E-state index contributed by atoms with van der Waals surface area (Å²) in [5, 5.41) is 0.514. The number of cyclic esters (lactones) is 1. The molecule has 6 heteroatoms. The molecule has 2 aromatic rings. The second-order valence-electron chi connectivity index (χ2n) is 4.14. The highest BCUT2D eigenvalue weighted by Crippen LogP contribution is 2.23. The number of nitrogens with zero attached hydrogens (tertiary/aromatic N) is 2. The lowest BCUT2D eigenvalue weighted by Gasteiger charge is -1.97. The normalized spacial score (nSPS) is 16.4. The van der Waals surface area contributed by atoms with E-state index < -0.39 is 5.97 Å². The maximum atomic E-state index is 11.8. The van der Waals surface area contributed by atoms with Crippen LogP contribution in [0.25, 0.3) is 6.08 Å². The van der Waals surface area contributed by atoms with E-state index in [0.29, 0.717) is 10.7 Å². The quantitative estimate of drug-likeness (QED) is 0.631. The Balaban J connectivity index is 1.94. The Morgan fingerprint density at radius 1 is 1.35 bits per heavy atom. The molecule has 0 unspecified atom stereocenters. The monoisotopic (exact) mass is 304 g/mol. The van der Waals surface area contributed by atoms with Crippen molar-refractivity contribution in [3.05, 3.63) is 56.6 Å². The lowest BCUT2D eigenvalue weighted by molar-refractivity contribution is -0.129. The molecule has 1 aliphatic heterocycles. The van der Waals surface area contributed by atoms with Gasteiger partial charge in [-0.05, 0) is 37.3 Å². The highest BCUT2D eigenvalue weighted by Gasteiger charge is 2.25. The van der Waals surface area contributed by atoms with Crippen molar-refractivity contribution in [1.29, 1.82) is 0 Å². The molecule has 20 heavy (non-hydrogen) atoms. The molecular formula is C14H9ClN2O2S. The van der Waals surface area contributed by atoms with Crippen molar-refractivity contribution in [2.24, 2.45) is 4.99 Å². The third-order valence-electron chi connectivity index (χ3n) is 2.60. The minimum atomic E-state index is -0.479. The molecule has 3 rings (SSSR count). The molecule has 0 aromatic carbocycles. The predicted molar refractivity (Wildman–Crippen MR) is 78.9 cm³/mol. The van der Waals surface area contributed by atoms with Crippen LogP contribution in [0.15, 0.2) is 41.2 Å². The van der Waals surface area contributed by atoms with Gasteiger partial charge in [-0.15, -0.1) is 11.3 Å². The highest BCUT2D eigenvalue weighted by molar-refractivity contribution is 7.12. The molecule has 0 saturated heterocycles. The largest absolute Gasteiger partial charge is 0.400 e. The van der Waals surface area contributed by atoms with Crippen LogP contribution < -0.4 is 0 Å². The van der Waals surface area contributed by atoms with Gasteiger partial charge < -0.3 is 4.74 Å². The summed E-state index contributed by atoms with van der Waals surface area (Å²) in [6, 6.07) is 7.17. The number of carbonyl (C=O) groups excluding carboxylic acids is 1. The van der Waals surface area contributed by atoms with Gasteiger partial charge in [0.15, 0.2) is 5.70 Å². The number of aromatic nitrogens is 1. The first-order valence-corrected chi connectivity index (χ1v) is 7.02. The molecule has 0 amide bonds. The zero-order chi connectivity index (χ0) is 14.1. The van der Waals surface area contributed by atoms with Crippen LogP contribution in [-0.4, -0.2) is 16.9 Å². The zero-order valence-corrected chi connectivity index (χ0v) is 12.0. The van der Waals surface area contributed by atoms with E-state index in [1.807, 2.05) is 19.1 Å². The summed E-state index contributed by atoms with van der Waals surface area (Å²) in [7, 11) is 0. The van der Waals surface area contributed by atoms with E-state index in [0.717, 1.165) is 4.88 Å². The Morgan fingerprint density at radius 3 is 2.90 bits per heavy atom. The molecule has 2 aromatic heterocycles. The first-order chi connectivity index (χ1) is 9.61. The third kappa shape index (κ3) is 2.64. The van der Waals surface area contributed by atoms with Crippen LogP contribution in [0.4, 0.5) is 0 Å². The van der Waals surface area contributed by atoms with Crippen molar-refractivity contribution < 1.29 is 9.53 Å². The Kier molecular flexibility index (Phi) is 3.38. The van der Waals surface area contributed by atoms with Gasteiger partial charge in [0, 0.05) is 21.0 Å². The van der Waals surface area contributed by atoms with Gasteiger partial charge in [0.1, 0.15) is 5.69 Å². The van der Waals surface area contributed by atoms with Crippen LogP contribution in [0.5, 0.6) is 0 Å². The summed E-state index contributed by atoms with van der Waals surface area (Å²) in [6.45, 7) is 2.00. The van der Waals surface area contributed by atoms with E-state index in [1.54, 1.807) is 35.7 Å². The van der Waals surface area contributed by atoms with Crippen LogP contribution in [-0.2, 0) is 9.53 Å². The Morgan fingerprint density at radius 2 is 2.20 bits per heavy atom. The Bertz CT molecular complexity index is 749. The van der Waals surface area contributed by atoms with Gasteiger partial charge in [0.05, 0.1) is 0 Å². The lowest BCUT2D eigenvalue weighted by Crippen LogP contribution is -2.06. The number of esters is 1. The van der Waals surface area contributed by atoms with Crippen LogP contribution in [0.2, 0.25) is 5.02 Å². The molecule has 0 spiro atoms. The van der Waals surface area contributed by atoms with Crippen molar-refractivity contribution in [2.75, 3.05) is 0 Å². The molecule has 0 bridgehead atoms. The number of carbonyl (C=O) groups is 1. The van der Waals surface area contributed by atoms with Gasteiger partial charge in [-0.1, -0.05) is 11.6 Å². The fourth-order valence-electron chi connectivity index (χ4n) is 1.71. The van der Waals surface area contributed by atoms with Crippen molar-refractivity contribution >= 4 is 40.9 Å². The molecule has 0 radical (unpaired) electrons. The van der Waals surface area contributed by atoms with Crippen LogP contribution in [0, 0.1) is 6.92 Å². The van der Waals surface area contributed by atoms with Gasteiger partial charge in [0.25, 0.3) is 0 Å². The number of halogens is 1. The molecule has 4 nitrogen and oxygen atoms in total. The summed E-state index contributed by atoms with van der Waals surface area (Å²) in [4.78, 5) is 22.2. The molecule has 0 atom stereocenters. The zero-order valence-electron chi connectivity index (χ0n) is 10.5. The van der Waals surface area contributed by atoms with Crippen molar-refractivity contribution in [3.8, 4) is 0 Å². The lowest BCUT2D eigenvalue weighted by atomic mass is 10.3. The predicted octanol–water partition coefficient (Wildman–Crippen LogP) is 3.45. The number of aliphatic imine (C=N–C) groups is 1. The fraction of sp³-hybridized carbons (Fsp3) is 0.0714. The van der Waals surface area contributed by atoms with Gasteiger partial charge in [-0.3, -0.25) is 4.98 Å². The second kappa shape index (κ2) is 5.19. The number of hydrogen-bond donors (Lipinski definition) is 0. The summed E-state index contributed by atoms with van der Waals surface area (Å²) in [5.74, 6) is -0.301. The molecule has 100 valence electrons. The van der Waals surface area contributed by atoms with E-state index in [2.05, 4.69) is 9.98 Å². The summed E-state index contributed by atoms with van der Waals surface area (Å²) in [5.41, 5.74) is 0.709. The molecular weight excluding hydrogens is 296 g/mol. The van der Waals surface area contributed by atoms with E-state index in [9.17, 15) is 4.79 Å². The molecule has 0 N–H and O–H groups in total. The SMILES string of the molecule is Cc1ccc(/C=C2\N=C(c3cc(Cl)ccn3)OC2=O)s1. The second-order valence-corrected chi connectivity index (χ2v) is 5.90. The molecule has 0 saturated carbocycles. The van der Waals surface area contributed by atoms with Crippen molar-refractivity contribution in [2.45, 2.75) is 6.92 Å².